The molecule has 0 amide bonds. The van der Waals surface area contributed by atoms with Gasteiger partial charge in [0.2, 0.25) is 6.71 Å². The highest BCUT2D eigenvalue weighted by atomic mass is 15.4. The molecule has 0 aromatic heterocycles. The largest absolute Gasteiger partial charge is 0.358 e. The topological polar surface area (TPSA) is 13.0 Å². The molecule has 6 fully saturated rings. The van der Waals surface area contributed by atoms with E-state index in [0.717, 1.165) is 0 Å². The first-order chi connectivity index (χ1) is 26.8. The van der Waals surface area contributed by atoms with Crippen LogP contribution in [0.3, 0.4) is 0 Å². The van der Waals surface area contributed by atoms with Crippen LogP contribution in [0.2, 0.25) is 23.3 Å². The Hall–Kier alpha value is -4.31. The standard InChI is InChI=1S/C48H38B2N4/c1-5-23-15-27-9-10-28-17-25-7-3-21-14-22-4-8-26-18-30-12-11-29-16-24-6-2-20-13-19(1)31-37(23)51-41(27)42(28)53-39(25)33(21)50-34(22)40(26)54-44(30)43(29)52-38(24)32(20)49(31)35-45(51)47(53)36(50)48(54)46(35)52/h1-12,19,23,31-34,37-44H,13-18H2. The lowest BCUT2D eigenvalue weighted by Gasteiger charge is -2.75. The smallest absolute Gasteiger partial charge is 0.201 e. The monoisotopic (exact) mass is 692 g/mol. The van der Waals surface area contributed by atoms with Crippen molar-refractivity contribution in [2.75, 3.05) is 19.6 Å². The average Bonchev–Trinajstić information content (AvgIpc) is 3.21. The van der Waals surface area contributed by atoms with Crippen LogP contribution < -0.4 is 30.5 Å². The van der Waals surface area contributed by atoms with Gasteiger partial charge in [0.15, 0.2) is 6.71 Å². The van der Waals surface area contributed by atoms with E-state index in [1.54, 1.807) is 78.5 Å². The molecule has 0 N–H and O–H groups in total. The van der Waals surface area contributed by atoms with E-state index in [4.69, 9.17) is 0 Å². The SMILES string of the molecule is C1=CC2CC3=CC=C4CC5=CC=C6CC7=CC=C8CC9=CC=C%10CC%11=CC=C%12CC1C1B%13c%14c%15c%16c%17c%18c%14N(C3C4N%18C5C6B%17C7C8N%16C9C%10N%15C%11C%13%12)C21. The van der Waals surface area contributed by atoms with Gasteiger partial charge in [-0.25, -0.2) is 0 Å². The molecule has 18 aliphatic rings. The molecule has 1 aromatic rings. The molecule has 54 heavy (non-hydrogen) atoms. The Kier molecular flexibility index (Phi) is 3.56. The zero-order chi connectivity index (χ0) is 33.5. The second kappa shape index (κ2) is 7.48. The van der Waals surface area contributed by atoms with Gasteiger partial charge < -0.3 is 19.6 Å². The van der Waals surface area contributed by atoms with Crippen molar-refractivity contribution in [2.45, 2.75) is 110 Å². The molecular weight excluding hydrogens is 654 g/mol. The van der Waals surface area contributed by atoms with Crippen molar-refractivity contribution in [3.63, 3.8) is 0 Å². The minimum Gasteiger partial charge on any atom is -0.358 e. The summed E-state index contributed by atoms with van der Waals surface area (Å²) in [6.45, 7) is 1.19. The number of piperidine rings is 4. The molecule has 0 bridgehead atoms. The zero-order valence-corrected chi connectivity index (χ0v) is 30.2. The Morgan fingerprint density at radius 3 is 1.35 bits per heavy atom. The number of nitrogens with zero attached hydrogens (tertiary/aromatic N) is 4. The maximum absolute atomic E-state index is 3.24. The van der Waals surface area contributed by atoms with Gasteiger partial charge in [-0.2, -0.15) is 0 Å². The number of anilines is 4. The fourth-order valence-electron chi connectivity index (χ4n) is 18.8. The highest BCUT2D eigenvalue weighted by molar-refractivity contribution is 6.86. The highest BCUT2D eigenvalue weighted by Crippen LogP contribution is 2.73. The minimum absolute atomic E-state index is 0.465. The van der Waals surface area contributed by atoms with E-state index < -0.39 is 0 Å². The lowest BCUT2D eigenvalue weighted by molar-refractivity contribution is 0.270. The zero-order valence-electron chi connectivity index (χ0n) is 30.2. The first kappa shape index (κ1) is 25.7. The third kappa shape index (κ3) is 2.19. The van der Waals surface area contributed by atoms with Crippen LogP contribution in [0.15, 0.2) is 129 Å². The number of hydrogen-bond acceptors (Lipinski definition) is 4. The Morgan fingerprint density at radius 2 is 0.759 bits per heavy atom. The van der Waals surface area contributed by atoms with Crippen LogP contribution in [-0.4, -0.2) is 61.8 Å². The van der Waals surface area contributed by atoms with Crippen molar-refractivity contribution < 1.29 is 0 Å². The summed E-state index contributed by atoms with van der Waals surface area (Å²) in [5.74, 6) is 3.82. The summed E-state index contributed by atoms with van der Waals surface area (Å²) < 4.78 is 0. The summed E-state index contributed by atoms with van der Waals surface area (Å²) >= 11 is 0. The fraction of sp³-hybridized carbons (Fsp3) is 0.417. The van der Waals surface area contributed by atoms with Gasteiger partial charge in [0.25, 0.3) is 0 Å². The van der Waals surface area contributed by atoms with Gasteiger partial charge in [0.1, 0.15) is 0 Å². The Balaban J connectivity index is 1.06. The van der Waals surface area contributed by atoms with E-state index in [1.165, 1.54) is 38.5 Å². The van der Waals surface area contributed by atoms with Crippen LogP contribution in [-0.2, 0) is 0 Å². The molecule has 1 aromatic carbocycles. The molecule has 0 saturated carbocycles. The highest BCUT2D eigenvalue weighted by Gasteiger charge is 2.74. The van der Waals surface area contributed by atoms with Gasteiger partial charge in [-0.15, -0.1) is 0 Å². The van der Waals surface area contributed by atoms with Crippen molar-refractivity contribution in [1.29, 1.82) is 0 Å². The molecule has 12 heterocycles. The molecule has 12 aliphatic heterocycles. The second-order valence-corrected chi connectivity index (χ2v) is 20.9. The van der Waals surface area contributed by atoms with Gasteiger partial charge >= 0.3 is 0 Å². The fourth-order valence-corrected chi connectivity index (χ4v) is 18.8. The van der Waals surface area contributed by atoms with Gasteiger partial charge in [-0.1, -0.05) is 89.6 Å². The predicted molar refractivity (Wildman–Crippen MR) is 217 cm³/mol. The van der Waals surface area contributed by atoms with E-state index in [2.05, 4.69) is 92.5 Å². The van der Waals surface area contributed by atoms with Crippen molar-refractivity contribution in [3.8, 4) is 0 Å². The molecule has 6 saturated heterocycles. The molecule has 19 rings (SSSR count). The van der Waals surface area contributed by atoms with E-state index in [1.807, 2.05) is 10.9 Å². The number of hydrogen-bond donors (Lipinski definition) is 0. The number of rotatable bonds is 0. The van der Waals surface area contributed by atoms with Gasteiger partial charge in [0.05, 0.1) is 65.0 Å². The third-order valence-corrected chi connectivity index (χ3v) is 19.8. The summed E-state index contributed by atoms with van der Waals surface area (Å²) in [4.78, 5) is 12.8. The van der Waals surface area contributed by atoms with Crippen molar-refractivity contribution in [3.05, 3.63) is 129 Å². The van der Waals surface area contributed by atoms with Crippen LogP contribution in [0.25, 0.3) is 0 Å². The third-order valence-electron chi connectivity index (χ3n) is 19.8. The normalized spacial score (nSPS) is 46.9. The van der Waals surface area contributed by atoms with Gasteiger partial charge in [0, 0.05) is 12.0 Å². The number of allylic oxidation sites excluding steroid dienone is 11. The molecule has 14 atom stereocenters. The van der Waals surface area contributed by atoms with E-state index >= 15 is 0 Å². The summed E-state index contributed by atoms with van der Waals surface area (Å²) in [6, 6.07) is 4.08. The van der Waals surface area contributed by atoms with Crippen LogP contribution in [0, 0.1) is 11.8 Å². The van der Waals surface area contributed by atoms with Gasteiger partial charge in [-0.05, 0) is 118 Å². The van der Waals surface area contributed by atoms with Crippen LogP contribution in [0.5, 0.6) is 0 Å². The lowest BCUT2D eigenvalue weighted by atomic mass is 9.17. The maximum Gasteiger partial charge on any atom is 0.201 e. The van der Waals surface area contributed by atoms with Crippen LogP contribution in [0.4, 0.5) is 22.7 Å². The summed E-state index contributed by atoms with van der Waals surface area (Å²) in [5, 5.41) is 0. The first-order valence-corrected chi connectivity index (χ1v) is 21.8. The van der Waals surface area contributed by atoms with Crippen molar-refractivity contribution in [2.24, 2.45) is 11.8 Å². The number of benzene rings is 1. The molecule has 4 nitrogen and oxygen atoms in total. The molecule has 256 valence electrons. The predicted octanol–water partition coefficient (Wildman–Crippen LogP) is 6.38. The second-order valence-electron chi connectivity index (χ2n) is 20.9. The molecule has 6 aliphatic carbocycles. The van der Waals surface area contributed by atoms with Crippen LogP contribution >= 0.6 is 0 Å². The molecule has 6 heteroatoms. The van der Waals surface area contributed by atoms with Crippen LogP contribution in [0.1, 0.15) is 38.5 Å². The maximum atomic E-state index is 3.24. The molecular formula is C48H38B2N4. The summed E-state index contributed by atoms with van der Waals surface area (Å²) in [5.41, 5.74) is 28.0. The Morgan fingerprint density at radius 1 is 0.370 bits per heavy atom. The lowest BCUT2D eigenvalue weighted by Crippen LogP contribution is -2.83. The summed E-state index contributed by atoms with van der Waals surface area (Å²) in [7, 11) is 0. The van der Waals surface area contributed by atoms with E-state index in [0.29, 0.717) is 96.9 Å². The van der Waals surface area contributed by atoms with Gasteiger partial charge in [-0.3, -0.25) is 0 Å². The first-order valence-electron chi connectivity index (χ1n) is 21.8. The minimum atomic E-state index is 0.465. The molecule has 0 spiro atoms. The van der Waals surface area contributed by atoms with E-state index in [-0.39, 0.29) is 0 Å². The van der Waals surface area contributed by atoms with E-state index in [9.17, 15) is 0 Å². The Labute approximate surface area is 316 Å². The van der Waals surface area contributed by atoms with Crippen molar-refractivity contribution >= 4 is 47.1 Å². The summed E-state index contributed by atoms with van der Waals surface area (Å²) in [6.07, 6.45) is 39.1. The molecule has 14 unspecified atom stereocenters. The average molecular weight is 692 g/mol. The van der Waals surface area contributed by atoms with Crippen molar-refractivity contribution in [1.82, 2.24) is 0 Å². The quantitative estimate of drug-likeness (QED) is 0.231. The Bertz CT molecular complexity index is 2530. The molecule has 0 radical (unpaired) electrons.